The predicted molar refractivity (Wildman–Crippen MR) is 94.4 cm³/mol. The third-order valence-corrected chi connectivity index (χ3v) is 5.48. The third kappa shape index (κ3) is 5.51. The Balaban J connectivity index is 1.87. The van der Waals surface area contributed by atoms with Gasteiger partial charge in [0, 0.05) is 25.3 Å². The van der Waals surface area contributed by atoms with Gasteiger partial charge in [0.1, 0.15) is 21.7 Å². The number of ether oxygens (including phenoxy) is 1. The summed E-state index contributed by atoms with van der Waals surface area (Å²) in [7, 11) is -3.13. The van der Waals surface area contributed by atoms with Gasteiger partial charge in [0.25, 0.3) is 0 Å². The second kappa shape index (κ2) is 7.91. The van der Waals surface area contributed by atoms with Crippen LogP contribution in [0.1, 0.15) is 12.8 Å². The molecule has 1 amide bonds. The number of sulfone groups is 1. The van der Waals surface area contributed by atoms with Crippen LogP contribution in [0.5, 0.6) is 5.75 Å². The van der Waals surface area contributed by atoms with E-state index in [4.69, 9.17) is 33.7 Å². The Hall–Kier alpha value is -1.02. The molecule has 1 aromatic carbocycles. The number of carbonyl (C=O) groups excluding carboxylic acids is 1. The van der Waals surface area contributed by atoms with E-state index >= 15 is 0 Å². The van der Waals surface area contributed by atoms with E-state index in [1.807, 2.05) is 0 Å². The highest BCUT2D eigenvalue weighted by Crippen LogP contribution is 2.28. The topological polar surface area (TPSA) is 89.7 Å². The Morgan fingerprint density at radius 1 is 1.42 bits per heavy atom. The van der Waals surface area contributed by atoms with Gasteiger partial charge < -0.3 is 15.4 Å². The summed E-state index contributed by atoms with van der Waals surface area (Å²) < 4.78 is 28.1. The first-order valence-corrected chi connectivity index (χ1v) is 10.3. The molecule has 9 heteroatoms. The average molecular weight is 395 g/mol. The van der Waals surface area contributed by atoms with Crippen LogP contribution in [0.4, 0.5) is 0 Å². The van der Waals surface area contributed by atoms with Crippen LogP contribution in [0.2, 0.25) is 10.0 Å². The van der Waals surface area contributed by atoms with Crippen molar-refractivity contribution in [2.24, 2.45) is 5.73 Å². The Morgan fingerprint density at radius 2 is 2.12 bits per heavy atom. The first kappa shape index (κ1) is 19.3. The lowest BCUT2D eigenvalue weighted by Crippen LogP contribution is -2.44. The van der Waals surface area contributed by atoms with Crippen molar-refractivity contribution in [2.45, 2.75) is 25.0 Å². The Bertz CT molecular complexity index is 711. The lowest BCUT2D eigenvalue weighted by atomic mass is 10.2. The number of carbonyl (C=O) groups is 1. The molecule has 6 nitrogen and oxygen atoms in total. The molecule has 0 aromatic heterocycles. The van der Waals surface area contributed by atoms with Crippen molar-refractivity contribution in [1.82, 2.24) is 4.90 Å². The maximum absolute atomic E-state index is 12.3. The van der Waals surface area contributed by atoms with Crippen molar-refractivity contribution in [3.8, 4) is 5.75 Å². The van der Waals surface area contributed by atoms with E-state index in [2.05, 4.69) is 0 Å². The summed E-state index contributed by atoms with van der Waals surface area (Å²) in [5.74, 6) is 0.237. The standard InChI is InChI=1S/C15H20Cl2N2O4S/c1-24(21,22)7-5-14(18)15(20)19-6-4-11(9-19)23-10-2-3-12(16)13(17)8-10/h2-3,8,11,14H,4-7,9,18H2,1H3/t11-,14+/m0/s1. The molecule has 1 aliphatic rings. The molecule has 1 fully saturated rings. The van der Waals surface area contributed by atoms with Crippen LogP contribution >= 0.6 is 23.2 Å². The van der Waals surface area contributed by atoms with Gasteiger partial charge in [-0.05, 0) is 18.6 Å². The van der Waals surface area contributed by atoms with E-state index in [0.717, 1.165) is 6.26 Å². The molecule has 1 heterocycles. The largest absolute Gasteiger partial charge is 0.488 e. The number of hydrogen-bond donors (Lipinski definition) is 1. The highest BCUT2D eigenvalue weighted by molar-refractivity contribution is 7.90. The summed E-state index contributed by atoms with van der Waals surface area (Å²) in [6, 6.07) is 4.18. The van der Waals surface area contributed by atoms with Crippen molar-refractivity contribution >= 4 is 38.9 Å². The van der Waals surface area contributed by atoms with E-state index in [1.54, 1.807) is 23.1 Å². The second-order valence-electron chi connectivity index (χ2n) is 5.91. The molecule has 134 valence electrons. The molecule has 0 radical (unpaired) electrons. The molecule has 0 unspecified atom stereocenters. The van der Waals surface area contributed by atoms with Gasteiger partial charge in [-0.2, -0.15) is 0 Å². The minimum atomic E-state index is -3.13. The quantitative estimate of drug-likeness (QED) is 0.793. The zero-order valence-electron chi connectivity index (χ0n) is 13.2. The first-order chi connectivity index (χ1) is 11.2. The first-order valence-electron chi connectivity index (χ1n) is 7.49. The maximum atomic E-state index is 12.3. The number of nitrogens with two attached hydrogens (primary N) is 1. The van der Waals surface area contributed by atoms with E-state index < -0.39 is 15.9 Å². The van der Waals surface area contributed by atoms with Crippen LogP contribution in [-0.4, -0.2) is 56.5 Å². The Kier molecular flexibility index (Phi) is 6.36. The highest BCUT2D eigenvalue weighted by atomic mass is 35.5. The fourth-order valence-corrected chi connectivity index (χ4v) is 3.44. The lowest BCUT2D eigenvalue weighted by Gasteiger charge is -2.21. The average Bonchev–Trinajstić information content (AvgIpc) is 2.95. The summed E-state index contributed by atoms with van der Waals surface area (Å²) in [4.78, 5) is 13.9. The summed E-state index contributed by atoms with van der Waals surface area (Å²) in [5, 5.41) is 0.854. The van der Waals surface area contributed by atoms with Crippen molar-refractivity contribution in [2.75, 3.05) is 25.1 Å². The van der Waals surface area contributed by atoms with Crippen LogP contribution < -0.4 is 10.5 Å². The molecule has 2 rings (SSSR count). The number of hydrogen-bond acceptors (Lipinski definition) is 5. The second-order valence-corrected chi connectivity index (χ2v) is 8.99. The van der Waals surface area contributed by atoms with Crippen LogP contribution in [0.15, 0.2) is 18.2 Å². The van der Waals surface area contributed by atoms with Gasteiger partial charge in [-0.25, -0.2) is 8.42 Å². The van der Waals surface area contributed by atoms with E-state index in [1.165, 1.54) is 0 Å². The van der Waals surface area contributed by atoms with Crippen molar-refractivity contribution in [1.29, 1.82) is 0 Å². The molecule has 0 saturated carbocycles. The fourth-order valence-electron chi connectivity index (χ4n) is 2.47. The van der Waals surface area contributed by atoms with Crippen molar-refractivity contribution < 1.29 is 17.9 Å². The normalized spacial score (nSPS) is 19.3. The molecule has 2 atom stereocenters. The SMILES string of the molecule is CS(=O)(=O)CC[C@@H](N)C(=O)N1CC[C@H](Oc2ccc(Cl)c(Cl)c2)C1. The number of nitrogens with zero attached hydrogens (tertiary/aromatic N) is 1. The molecular formula is C15H20Cl2N2O4S. The molecule has 24 heavy (non-hydrogen) atoms. The van der Waals surface area contributed by atoms with Gasteiger partial charge >= 0.3 is 0 Å². The third-order valence-electron chi connectivity index (χ3n) is 3.77. The van der Waals surface area contributed by atoms with E-state index in [-0.39, 0.29) is 24.2 Å². The van der Waals surface area contributed by atoms with E-state index in [0.29, 0.717) is 35.3 Å². The zero-order valence-corrected chi connectivity index (χ0v) is 15.6. The van der Waals surface area contributed by atoms with Gasteiger partial charge in [-0.3, -0.25) is 4.79 Å². The van der Waals surface area contributed by atoms with Crippen molar-refractivity contribution in [3.63, 3.8) is 0 Å². The molecule has 0 spiro atoms. The summed E-state index contributed by atoms with van der Waals surface area (Å²) in [6.45, 7) is 0.934. The van der Waals surface area contributed by atoms with Crippen LogP contribution in [0.3, 0.4) is 0 Å². The number of halogens is 2. The molecule has 1 saturated heterocycles. The summed E-state index contributed by atoms with van der Waals surface area (Å²) >= 11 is 11.8. The fraction of sp³-hybridized carbons (Fsp3) is 0.533. The van der Waals surface area contributed by atoms with Gasteiger partial charge in [0.05, 0.1) is 28.4 Å². The number of amides is 1. The molecule has 2 N–H and O–H groups in total. The summed E-state index contributed by atoms with van der Waals surface area (Å²) in [6.07, 6.45) is 1.76. The zero-order chi connectivity index (χ0) is 17.9. The number of likely N-dealkylation sites (tertiary alicyclic amines) is 1. The van der Waals surface area contributed by atoms with Crippen LogP contribution in [0.25, 0.3) is 0 Å². The van der Waals surface area contributed by atoms with Gasteiger partial charge in [-0.15, -0.1) is 0 Å². The molecule has 0 bridgehead atoms. The predicted octanol–water partition coefficient (Wildman–Crippen LogP) is 1.74. The summed E-state index contributed by atoms with van der Waals surface area (Å²) in [5.41, 5.74) is 5.81. The van der Waals surface area contributed by atoms with Crippen molar-refractivity contribution in [3.05, 3.63) is 28.2 Å². The molecular weight excluding hydrogens is 375 g/mol. The Morgan fingerprint density at radius 3 is 2.75 bits per heavy atom. The van der Waals surface area contributed by atoms with Gasteiger partial charge in [-0.1, -0.05) is 23.2 Å². The minimum Gasteiger partial charge on any atom is -0.488 e. The maximum Gasteiger partial charge on any atom is 0.239 e. The molecule has 1 aliphatic heterocycles. The van der Waals surface area contributed by atoms with Crippen LogP contribution in [-0.2, 0) is 14.6 Å². The number of rotatable bonds is 6. The number of benzene rings is 1. The molecule has 1 aromatic rings. The van der Waals surface area contributed by atoms with Gasteiger partial charge in [0.2, 0.25) is 5.91 Å². The Labute approximate surface area is 151 Å². The lowest BCUT2D eigenvalue weighted by molar-refractivity contribution is -0.131. The van der Waals surface area contributed by atoms with E-state index in [9.17, 15) is 13.2 Å². The smallest absolute Gasteiger partial charge is 0.239 e. The highest BCUT2D eigenvalue weighted by Gasteiger charge is 2.30. The minimum absolute atomic E-state index is 0.100. The van der Waals surface area contributed by atoms with Crippen LogP contribution in [0, 0.1) is 0 Å². The molecule has 0 aliphatic carbocycles. The monoisotopic (exact) mass is 394 g/mol. The van der Waals surface area contributed by atoms with Gasteiger partial charge in [0.15, 0.2) is 0 Å².